The van der Waals surface area contributed by atoms with Crippen LogP contribution in [-0.2, 0) is 14.1 Å². The first kappa shape index (κ1) is 31.5. The summed E-state index contributed by atoms with van der Waals surface area (Å²) in [7, 11) is 6.93. The van der Waals surface area contributed by atoms with Crippen LogP contribution < -0.4 is 21.3 Å². The van der Waals surface area contributed by atoms with Gasteiger partial charge in [-0.25, -0.2) is 0 Å². The quantitative estimate of drug-likeness (QED) is 0.130. The van der Waals surface area contributed by atoms with E-state index in [2.05, 4.69) is 37.3 Å². The van der Waals surface area contributed by atoms with Gasteiger partial charge < -0.3 is 30.4 Å². The van der Waals surface area contributed by atoms with Crippen molar-refractivity contribution in [3.8, 4) is 0 Å². The van der Waals surface area contributed by atoms with Gasteiger partial charge in [0.1, 0.15) is 11.4 Å². The smallest absolute Gasteiger partial charge is 0.272 e. The van der Waals surface area contributed by atoms with E-state index in [-0.39, 0.29) is 17.7 Å². The fourth-order valence-corrected chi connectivity index (χ4v) is 4.97. The van der Waals surface area contributed by atoms with Crippen molar-refractivity contribution in [1.82, 2.24) is 24.8 Å². The highest BCUT2D eigenvalue weighted by molar-refractivity contribution is 6.07. The highest BCUT2D eigenvalue weighted by atomic mass is 16.2. The molecule has 0 bridgehead atoms. The Hall–Kier alpha value is -5.97. The Balaban J connectivity index is 1.17. The molecule has 0 radical (unpaired) electrons. The minimum Gasteiger partial charge on any atom is -0.377 e. The number of aromatic nitrogens is 3. The largest absolute Gasteiger partial charge is 0.377 e. The number of anilines is 2. The van der Waals surface area contributed by atoms with Gasteiger partial charge in [0.2, 0.25) is 0 Å². The van der Waals surface area contributed by atoms with Crippen LogP contribution in [0.4, 0.5) is 11.4 Å². The molecule has 234 valence electrons. The Morgan fingerprint density at radius 2 is 1.43 bits per heavy atom. The average Bonchev–Trinajstić information content (AvgIpc) is 3.62. The molecule has 0 unspecified atom stereocenters. The second-order valence-corrected chi connectivity index (χ2v) is 10.7. The predicted octanol–water partition coefficient (Wildman–Crippen LogP) is 4.95. The van der Waals surface area contributed by atoms with Crippen molar-refractivity contribution in [1.29, 1.82) is 0 Å². The third-order valence-electron chi connectivity index (χ3n) is 7.45. The summed E-state index contributed by atoms with van der Waals surface area (Å²) in [6, 6.07) is 20.5. The summed E-state index contributed by atoms with van der Waals surface area (Å²) in [4.78, 5) is 47.3. The Morgan fingerprint density at radius 1 is 0.804 bits per heavy atom. The van der Waals surface area contributed by atoms with Crippen LogP contribution in [0.1, 0.15) is 48.9 Å². The zero-order valence-corrected chi connectivity index (χ0v) is 26.2. The number of para-hydroxylation sites is 1. The minimum atomic E-state index is -0.379. The van der Waals surface area contributed by atoms with E-state index in [1.807, 2.05) is 54.7 Å². The van der Waals surface area contributed by atoms with Crippen LogP contribution >= 0.6 is 0 Å². The van der Waals surface area contributed by atoms with Crippen molar-refractivity contribution in [2.24, 2.45) is 19.1 Å². The molecule has 0 spiro atoms. The van der Waals surface area contributed by atoms with E-state index in [1.54, 1.807) is 74.0 Å². The number of amides is 3. The molecular formula is C35H36N8O3. The molecule has 0 atom stereocenters. The maximum absolute atomic E-state index is 13.1. The van der Waals surface area contributed by atoms with Crippen LogP contribution in [0, 0.1) is 0 Å². The topological polar surface area (TPSA) is 134 Å². The van der Waals surface area contributed by atoms with Gasteiger partial charge in [0.05, 0.1) is 22.7 Å². The fourth-order valence-electron chi connectivity index (χ4n) is 4.97. The molecule has 0 aliphatic heterocycles. The van der Waals surface area contributed by atoms with Crippen molar-refractivity contribution in [3.63, 3.8) is 0 Å². The first-order valence-electron chi connectivity index (χ1n) is 14.7. The van der Waals surface area contributed by atoms with Gasteiger partial charge in [0.15, 0.2) is 0 Å². The number of carbonyl (C=O) groups is 3. The van der Waals surface area contributed by atoms with Crippen LogP contribution in [-0.4, -0.2) is 58.3 Å². The molecule has 11 heteroatoms. The Bertz CT molecular complexity index is 1950. The van der Waals surface area contributed by atoms with Crippen molar-refractivity contribution in [2.45, 2.75) is 6.42 Å². The van der Waals surface area contributed by atoms with E-state index < -0.39 is 0 Å². The van der Waals surface area contributed by atoms with E-state index in [0.29, 0.717) is 41.3 Å². The van der Waals surface area contributed by atoms with Gasteiger partial charge in [-0.3, -0.25) is 24.4 Å². The number of carbonyl (C=O) groups excluding carboxylic acids is 3. The fraction of sp³-hybridized carbons (Fsp3) is 0.171. The van der Waals surface area contributed by atoms with Crippen molar-refractivity contribution in [3.05, 3.63) is 113 Å². The van der Waals surface area contributed by atoms with Gasteiger partial charge in [-0.05, 0) is 47.5 Å². The van der Waals surface area contributed by atoms with Crippen molar-refractivity contribution < 1.29 is 14.4 Å². The molecule has 46 heavy (non-hydrogen) atoms. The number of pyridine rings is 1. The number of rotatable bonds is 10. The first-order valence-corrected chi connectivity index (χ1v) is 14.7. The van der Waals surface area contributed by atoms with Gasteiger partial charge in [0, 0.05) is 70.7 Å². The molecule has 3 heterocycles. The molecule has 0 fully saturated rings. The number of benzene rings is 2. The summed E-state index contributed by atoms with van der Waals surface area (Å²) in [6.45, 7) is 0.419. The maximum atomic E-state index is 13.1. The van der Waals surface area contributed by atoms with Crippen LogP contribution in [0.2, 0.25) is 0 Å². The number of hydrogen-bond acceptors (Lipinski definition) is 5. The van der Waals surface area contributed by atoms with Crippen LogP contribution in [0.5, 0.6) is 0 Å². The van der Waals surface area contributed by atoms with E-state index in [4.69, 9.17) is 0 Å². The maximum Gasteiger partial charge on any atom is 0.272 e. The van der Waals surface area contributed by atoms with E-state index in [1.165, 1.54) is 0 Å². The van der Waals surface area contributed by atoms with Gasteiger partial charge in [-0.1, -0.05) is 42.5 Å². The Morgan fingerprint density at radius 3 is 2.11 bits per heavy atom. The van der Waals surface area contributed by atoms with E-state index in [0.717, 1.165) is 27.9 Å². The molecule has 5 rings (SSSR count). The standard InChI is InChI=1S/C35H36N8O3/c1-36-32(37-2)15-16-38-34(45)30-18-28(22-42(30)3)41-35(46)31-19-27(21-43(31)4)40-33(44)25-13-11-23(12-14-25)9-10-24-17-26-7-5-6-8-29(26)39-20-24/h5-14,17-22H,15-16H2,1-4H3,(H,36,37)(H,38,45)(H,40,44)(H,41,46)/b10-9+. The molecule has 11 nitrogen and oxygen atoms in total. The van der Waals surface area contributed by atoms with Gasteiger partial charge in [-0.2, -0.15) is 0 Å². The summed E-state index contributed by atoms with van der Waals surface area (Å²) in [5.74, 6) is -0.145. The summed E-state index contributed by atoms with van der Waals surface area (Å²) in [5.41, 5.74) is 5.06. The first-order chi connectivity index (χ1) is 22.2. The lowest BCUT2D eigenvalue weighted by molar-refractivity contribution is 0.0945. The van der Waals surface area contributed by atoms with Crippen molar-refractivity contribution in [2.75, 3.05) is 31.3 Å². The highest BCUT2D eigenvalue weighted by Crippen LogP contribution is 2.19. The second-order valence-electron chi connectivity index (χ2n) is 10.7. The molecule has 0 saturated carbocycles. The molecule has 0 aliphatic rings. The summed E-state index contributed by atoms with van der Waals surface area (Å²) in [6.07, 6.45) is 9.71. The van der Waals surface area contributed by atoms with Gasteiger partial charge in [-0.15, -0.1) is 0 Å². The van der Waals surface area contributed by atoms with Gasteiger partial charge >= 0.3 is 0 Å². The average molecular weight is 617 g/mol. The summed E-state index contributed by atoms with van der Waals surface area (Å²) < 4.78 is 3.28. The number of aliphatic imine (C=N–C) groups is 1. The van der Waals surface area contributed by atoms with Crippen molar-refractivity contribution >= 4 is 58.0 Å². The number of fused-ring (bicyclic) bond motifs is 1. The van der Waals surface area contributed by atoms with Crippen LogP contribution in [0.3, 0.4) is 0 Å². The predicted molar refractivity (Wildman–Crippen MR) is 183 cm³/mol. The molecular weight excluding hydrogens is 580 g/mol. The van der Waals surface area contributed by atoms with E-state index in [9.17, 15) is 14.4 Å². The number of hydrogen-bond donors (Lipinski definition) is 4. The van der Waals surface area contributed by atoms with E-state index >= 15 is 0 Å². The molecule has 4 N–H and O–H groups in total. The minimum absolute atomic E-state index is 0.260. The number of aryl methyl sites for hydroxylation is 2. The molecule has 0 aliphatic carbocycles. The summed E-state index contributed by atoms with van der Waals surface area (Å²) in [5, 5.41) is 12.6. The number of nitrogens with zero attached hydrogens (tertiary/aromatic N) is 4. The highest BCUT2D eigenvalue weighted by Gasteiger charge is 2.17. The monoisotopic (exact) mass is 616 g/mol. The lowest BCUT2D eigenvalue weighted by Crippen LogP contribution is -2.30. The number of nitrogens with one attached hydrogen (secondary N) is 4. The zero-order valence-electron chi connectivity index (χ0n) is 26.2. The normalized spacial score (nSPS) is 11.5. The second kappa shape index (κ2) is 14.2. The molecule has 3 amide bonds. The number of amidine groups is 1. The Kier molecular flexibility index (Phi) is 9.72. The SMILES string of the molecule is CN=C(CCNC(=O)c1cc(NC(=O)c2cc(NC(=O)c3ccc(/C=C/c4cnc5ccccc5c4)cc3)cn2C)cn1C)NC. The zero-order chi connectivity index (χ0) is 32.6. The van der Waals surface area contributed by atoms with Gasteiger partial charge in [0.25, 0.3) is 17.7 Å². The summed E-state index contributed by atoms with van der Waals surface area (Å²) >= 11 is 0. The third-order valence-corrected chi connectivity index (χ3v) is 7.45. The Labute approximate surface area is 267 Å². The molecule has 2 aromatic carbocycles. The molecule has 3 aromatic heterocycles. The third kappa shape index (κ3) is 7.56. The van der Waals surface area contributed by atoms with Crippen LogP contribution in [0.25, 0.3) is 23.1 Å². The lowest BCUT2D eigenvalue weighted by atomic mass is 10.1. The lowest BCUT2D eigenvalue weighted by Gasteiger charge is -2.07. The molecule has 0 saturated heterocycles. The molecule has 5 aromatic rings. The van der Waals surface area contributed by atoms with Crippen LogP contribution in [0.15, 0.2) is 90.3 Å².